The number of hydrogen-bond acceptors (Lipinski definition) is 8. The highest BCUT2D eigenvalue weighted by atomic mass is 32.2. The summed E-state index contributed by atoms with van der Waals surface area (Å²) < 4.78 is 49.4. The summed E-state index contributed by atoms with van der Waals surface area (Å²) in [6.07, 6.45) is 2.72. The summed E-state index contributed by atoms with van der Waals surface area (Å²) in [6.45, 7) is 10.1. The van der Waals surface area contributed by atoms with Gasteiger partial charge in [0.05, 0.1) is 42.2 Å². The maximum Gasteiger partial charge on any atom is 0.496 e. The van der Waals surface area contributed by atoms with Crippen molar-refractivity contribution < 1.29 is 27.2 Å². The summed E-state index contributed by atoms with van der Waals surface area (Å²) in [6, 6.07) is 6.02. The third kappa shape index (κ3) is 4.89. The molecule has 194 valence electrons. The molecule has 0 spiro atoms. The van der Waals surface area contributed by atoms with E-state index < -0.39 is 39.9 Å². The Kier molecular flexibility index (Phi) is 6.74. The highest BCUT2D eigenvalue weighted by Crippen LogP contribution is 2.37. The Bertz CT molecular complexity index is 1430. The molecule has 2 aromatic heterocycles. The van der Waals surface area contributed by atoms with Crippen molar-refractivity contribution in [2.75, 3.05) is 25.7 Å². The zero-order valence-electron chi connectivity index (χ0n) is 21.6. The van der Waals surface area contributed by atoms with Crippen LogP contribution in [0.15, 0.2) is 35.3 Å². The Hall–Kier alpha value is -2.83. The van der Waals surface area contributed by atoms with Crippen molar-refractivity contribution in [2.24, 2.45) is 0 Å². The lowest BCUT2D eigenvalue weighted by Crippen LogP contribution is -2.41. The van der Waals surface area contributed by atoms with Crippen LogP contribution in [-0.2, 0) is 19.1 Å². The molecule has 1 saturated heterocycles. The fraction of sp³-hybridized carbons (Fsp3) is 0.500. The normalized spacial score (nSPS) is 17.9. The van der Waals surface area contributed by atoms with Gasteiger partial charge in [-0.15, -0.1) is 0 Å². The van der Waals surface area contributed by atoms with Crippen LogP contribution in [0.3, 0.4) is 0 Å². The van der Waals surface area contributed by atoms with Crippen molar-refractivity contribution >= 4 is 33.6 Å². The van der Waals surface area contributed by atoms with Crippen LogP contribution in [0.1, 0.15) is 46.2 Å². The molecule has 10 nitrogen and oxygen atoms in total. The minimum atomic E-state index is -3.48. The number of pyridine rings is 1. The molecule has 1 aliphatic heterocycles. The Balaban J connectivity index is 1.81. The minimum Gasteiger partial charge on any atom is -0.493 e. The van der Waals surface area contributed by atoms with Crippen molar-refractivity contribution in [1.29, 1.82) is 0 Å². The first-order chi connectivity index (χ1) is 16.8. The lowest BCUT2D eigenvalue weighted by molar-refractivity contribution is 0.00578. The minimum absolute atomic E-state index is 0.307. The summed E-state index contributed by atoms with van der Waals surface area (Å²) in [5, 5.41) is 0. The number of sulfone groups is 1. The monoisotopic (exact) mass is 517 g/mol. The van der Waals surface area contributed by atoms with E-state index in [1.54, 1.807) is 30.5 Å². The van der Waals surface area contributed by atoms with E-state index in [0.29, 0.717) is 40.3 Å². The number of ether oxygens (including phenoxy) is 2. The standard InChI is InChI=1S/C24H32BN3O7S/c1-8-33-20-11-15(9-10-19(20)32-6)18(14-36(7,30)31)28-21-17(27-22(28)29)12-16(13-26-21)25-34-23(2,3)24(4,5)35-25/h9-13,18H,8,14H2,1-7H3,(H,27,29). The third-order valence-electron chi connectivity index (χ3n) is 6.75. The van der Waals surface area contributed by atoms with Crippen LogP contribution in [0.25, 0.3) is 11.2 Å². The summed E-state index contributed by atoms with van der Waals surface area (Å²) in [7, 11) is -2.61. The average Bonchev–Trinajstić information content (AvgIpc) is 3.22. The van der Waals surface area contributed by atoms with Gasteiger partial charge in [-0.3, -0.25) is 4.57 Å². The fourth-order valence-corrected chi connectivity index (χ4v) is 5.12. The zero-order chi connectivity index (χ0) is 26.5. The first-order valence-electron chi connectivity index (χ1n) is 11.7. The number of imidazole rings is 1. The highest BCUT2D eigenvalue weighted by molar-refractivity contribution is 7.90. The fourth-order valence-electron chi connectivity index (χ4n) is 4.20. The van der Waals surface area contributed by atoms with E-state index in [2.05, 4.69) is 9.97 Å². The van der Waals surface area contributed by atoms with Crippen LogP contribution in [-0.4, -0.2) is 67.0 Å². The first kappa shape index (κ1) is 26.2. The largest absolute Gasteiger partial charge is 0.496 e. The second kappa shape index (κ2) is 9.24. The van der Waals surface area contributed by atoms with Crippen molar-refractivity contribution in [3.63, 3.8) is 0 Å². The number of H-pyrrole nitrogens is 1. The summed E-state index contributed by atoms with van der Waals surface area (Å²) in [5.41, 5.74) is 0.456. The molecule has 3 heterocycles. The lowest BCUT2D eigenvalue weighted by atomic mass is 9.80. The van der Waals surface area contributed by atoms with Crippen molar-refractivity contribution in [2.45, 2.75) is 51.9 Å². The molecule has 36 heavy (non-hydrogen) atoms. The number of benzene rings is 1. The molecule has 1 aromatic carbocycles. The Morgan fingerprint density at radius 1 is 1.14 bits per heavy atom. The van der Waals surface area contributed by atoms with E-state index in [9.17, 15) is 13.2 Å². The van der Waals surface area contributed by atoms with Gasteiger partial charge in [-0.1, -0.05) is 6.07 Å². The number of rotatable bonds is 8. The molecule has 1 N–H and O–H groups in total. The van der Waals surface area contributed by atoms with E-state index in [4.69, 9.17) is 18.8 Å². The maximum absolute atomic E-state index is 13.2. The predicted molar refractivity (Wildman–Crippen MR) is 138 cm³/mol. The number of aromatic amines is 1. The number of nitrogens with zero attached hydrogens (tertiary/aromatic N) is 2. The molecule has 4 rings (SSSR count). The van der Waals surface area contributed by atoms with Gasteiger partial charge < -0.3 is 23.8 Å². The first-order valence-corrected chi connectivity index (χ1v) is 13.8. The van der Waals surface area contributed by atoms with Gasteiger partial charge in [0.15, 0.2) is 17.1 Å². The highest BCUT2D eigenvalue weighted by Gasteiger charge is 2.52. The average molecular weight is 517 g/mol. The number of methoxy groups -OCH3 is 1. The van der Waals surface area contributed by atoms with Crippen molar-refractivity contribution in [3.05, 3.63) is 46.5 Å². The molecule has 0 saturated carbocycles. The number of fused-ring (bicyclic) bond motifs is 1. The number of aromatic nitrogens is 3. The zero-order valence-corrected chi connectivity index (χ0v) is 22.4. The van der Waals surface area contributed by atoms with Crippen molar-refractivity contribution in [3.8, 4) is 11.5 Å². The molecule has 1 fully saturated rings. The van der Waals surface area contributed by atoms with E-state index in [1.165, 1.54) is 11.7 Å². The van der Waals surface area contributed by atoms with Gasteiger partial charge in [0.2, 0.25) is 0 Å². The van der Waals surface area contributed by atoms with E-state index in [0.717, 1.165) is 6.26 Å². The van der Waals surface area contributed by atoms with Gasteiger partial charge in [0, 0.05) is 17.9 Å². The van der Waals surface area contributed by atoms with Crippen LogP contribution >= 0.6 is 0 Å². The predicted octanol–water partition coefficient (Wildman–Crippen LogP) is 2.07. The summed E-state index contributed by atoms with van der Waals surface area (Å²) >= 11 is 0. The molecule has 0 aliphatic carbocycles. The SMILES string of the molecule is CCOc1cc(C(CS(C)(=O)=O)n2c(=O)[nH]c3cc(B4OC(C)(C)C(C)(C)O4)cnc32)ccc1OC. The van der Waals surface area contributed by atoms with E-state index in [-0.39, 0.29) is 5.75 Å². The van der Waals surface area contributed by atoms with Crippen molar-refractivity contribution in [1.82, 2.24) is 14.5 Å². The van der Waals surface area contributed by atoms with Crippen LogP contribution in [0.4, 0.5) is 0 Å². The molecule has 0 radical (unpaired) electrons. The second-order valence-corrected chi connectivity index (χ2v) is 12.2. The molecule has 0 amide bonds. The summed E-state index contributed by atoms with van der Waals surface area (Å²) in [5.74, 6) is 0.661. The maximum atomic E-state index is 13.2. The quantitative estimate of drug-likeness (QED) is 0.451. The molecule has 12 heteroatoms. The van der Waals surface area contributed by atoms with Gasteiger partial charge in [-0.2, -0.15) is 0 Å². The molecule has 1 unspecified atom stereocenters. The molecule has 3 aromatic rings. The second-order valence-electron chi connectivity index (χ2n) is 9.98. The lowest BCUT2D eigenvalue weighted by Gasteiger charge is -2.32. The van der Waals surface area contributed by atoms with Gasteiger partial charge in [-0.25, -0.2) is 18.2 Å². The number of hydrogen-bond donors (Lipinski definition) is 1. The Morgan fingerprint density at radius 2 is 1.81 bits per heavy atom. The van der Waals surface area contributed by atoms with Crippen LogP contribution in [0, 0.1) is 0 Å². The van der Waals surface area contributed by atoms with Gasteiger partial charge in [0.25, 0.3) is 0 Å². The van der Waals surface area contributed by atoms with Gasteiger partial charge in [-0.05, 0) is 58.4 Å². The molecule has 1 atom stereocenters. The topological polar surface area (TPSA) is 122 Å². The third-order valence-corrected chi connectivity index (χ3v) is 7.67. The summed E-state index contributed by atoms with van der Waals surface area (Å²) in [4.78, 5) is 20.5. The molecule has 0 bridgehead atoms. The Labute approximate surface area is 211 Å². The molecular formula is C24H32BN3O7S. The number of nitrogens with one attached hydrogen (secondary N) is 1. The van der Waals surface area contributed by atoms with E-state index >= 15 is 0 Å². The Morgan fingerprint density at radius 3 is 2.39 bits per heavy atom. The van der Waals surface area contributed by atoms with Crippen LogP contribution < -0.4 is 20.6 Å². The molecular weight excluding hydrogens is 485 g/mol. The van der Waals surface area contributed by atoms with Crippen LogP contribution in [0.5, 0.6) is 11.5 Å². The van der Waals surface area contributed by atoms with Crippen LogP contribution in [0.2, 0.25) is 0 Å². The van der Waals surface area contributed by atoms with Gasteiger partial charge in [0.1, 0.15) is 9.84 Å². The smallest absolute Gasteiger partial charge is 0.493 e. The van der Waals surface area contributed by atoms with Gasteiger partial charge >= 0.3 is 12.8 Å². The molecule has 1 aliphatic rings. The van der Waals surface area contributed by atoms with E-state index in [1.807, 2.05) is 34.6 Å².